The Balaban J connectivity index is 3.93. The van der Waals surface area contributed by atoms with Gasteiger partial charge in [-0.05, 0) is 44.4 Å². The Bertz CT molecular complexity index is 439. The Labute approximate surface area is 185 Å². The average Bonchev–Trinajstić information content (AvgIpc) is 2.72. The fraction of sp³-hybridized carbons (Fsp3) is 0.769. The molecule has 0 amide bonds. The van der Waals surface area contributed by atoms with E-state index < -0.39 is 0 Å². The third kappa shape index (κ3) is 18.4. The molecule has 0 unspecified atom stereocenters. The maximum absolute atomic E-state index is 12.0. The van der Waals surface area contributed by atoms with Crippen LogP contribution in [0.15, 0.2) is 24.3 Å². The monoisotopic (exact) mass is 422 g/mol. The first kappa shape index (κ1) is 28.4. The summed E-state index contributed by atoms with van der Waals surface area (Å²) in [7, 11) is 0. The number of hydrogen-bond acceptors (Lipinski definition) is 4. The molecule has 0 heterocycles. The number of allylic oxidation sites excluding steroid dienone is 4. The quantitative estimate of drug-likeness (QED) is 0.126. The van der Waals surface area contributed by atoms with Gasteiger partial charge in [0.2, 0.25) is 0 Å². The summed E-state index contributed by atoms with van der Waals surface area (Å²) in [5.41, 5.74) is 0. The number of hydrogen-bond donors (Lipinski definition) is 0. The molecule has 0 rings (SSSR count). The SMILES string of the molecule is CCCC/C=C\CCCC(=O)OCC(COC(=O)CCC/C=C\CCCC)C(C)C. The molecule has 0 N–H and O–H groups in total. The van der Waals surface area contributed by atoms with Gasteiger partial charge in [0, 0.05) is 18.8 Å². The van der Waals surface area contributed by atoms with Gasteiger partial charge in [-0.2, -0.15) is 0 Å². The summed E-state index contributed by atoms with van der Waals surface area (Å²) in [5.74, 6) is 0.00182. The highest BCUT2D eigenvalue weighted by atomic mass is 16.5. The molecule has 0 spiro atoms. The van der Waals surface area contributed by atoms with E-state index in [1.165, 1.54) is 25.7 Å². The lowest BCUT2D eigenvalue weighted by Gasteiger charge is -2.20. The molecule has 4 heteroatoms. The average molecular weight is 423 g/mol. The van der Waals surface area contributed by atoms with E-state index in [1.807, 2.05) is 0 Å². The summed E-state index contributed by atoms with van der Waals surface area (Å²) in [5, 5.41) is 0. The van der Waals surface area contributed by atoms with E-state index in [4.69, 9.17) is 9.47 Å². The molecule has 0 aliphatic carbocycles. The van der Waals surface area contributed by atoms with Crippen molar-refractivity contribution >= 4 is 11.9 Å². The van der Waals surface area contributed by atoms with Crippen LogP contribution < -0.4 is 0 Å². The highest BCUT2D eigenvalue weighted by molar-refractivity contribution is 5.69. The van der Waals surface area contributed by atoms with Crippen LogP contribution in [0, 0.1) is 11.8 Å². The molecule has 0 atom stereocenters. The van der Waals surface area contributed by atoms with Crippen LogP contribution in [0.4, 0.5) is 0 Å². The molecule has 4 nitrogen and oxygen atoms in total. The first-order valence-corrected chi connectivity index (χ1v) is 12.1. The predicted molar refractivity (Wildman–Crippen MR) is 125 cm³/mol. The number of ether oxygens (including phenoxy) is 2. The van der Waals surface area contributed by atoms with Gasteiger partial charge in [-0.15, -0.1) is 0 Å². The maximum Gasteiger partial charge on any atom is 0.305 e. The van der Waals surface area contributed by atoms with Crippen LogP contribution >= 0.6 is 0 Å². The van der Waals surface area contributed by atoms with Gasteiger partial charge in [0.05, 0.1) is 13.2 Å². The van der Waals surface area contributed by atoms with Gasteiger partial charge in [0.1, 0.15) is 0 Å². The molecule has 30 heavy (non-hydrogen) atoms. The Morgan fingerprint density at radius 3 is 1.37 bits per heavy atom. The molecule has 0 saturated carbocycles. The summed E-state index contributed by atoms with van der Waals surface area (Å²) in [6.45, 7) is 9.13. The van der Waals surface area contributed by atoms with Crippen molar-refractivity contribution in [2.75, 3.05) is 13.2 Å². The van der Waals surface area contributed by atoms with E-state index in [-0.39, 0.29) is 23.8 Å². The van der Waals surface area contributed by atoms with Gasteiger partial charge in [-0.25, -0.2) is 0 Å². The fourth-order valence-corrected chi connectivity index (χ4v) is 2.82. The third-order valence-corrected chi connectivity index (χ3v) is 5.15. The molecule has 0 aromatic carbocycles. The predicted octanol–water partition coefficient (Wildman–Crippen LogP) is 7.18. The Kier molecular flexibility index (Phi) is 19.6. The molecular formula is C26H46O4. The van der Waals surface area contributed by atoms with Gasteiger partial charge >= 0.3 is 11.9 Å². The summed E-state index contributed by atoms with van der Waals surface area (Å²) in [4.78, 5) is 23.9. The second-order valence-electron chi connectivity index (χ2n) is 8.38. The highest BCUT2D eigenvalue weighted by Gasteiger charge is 2.18. The Morgan fingerprint density at radius 1 is 0.667 bits per heavy atom. The first-order chi connectivity index (χ1) is 14.5. The summed E-state index contributed by atoms with van der Waals surface area (Å²) in [6.07, 6.45) is 20.1. The van der Waals surface area contributed by atoms with Crippen LogP contribution in [0.3, 0.4) is 0 Å². The second kappa shape index (κ2) is 20.7. The van der Waals surface area contributed by atoms with Gasteiger partial charge in [0.25, 0.3) is 0 Å². The van der Waals surface area contributed by atoms with Gasteiger partial charge < -0.3 is 9.47 Å². The number of unbranched alkanes of at least 4 members (excludes halogenated alkanes) is 6. The van der Waals surface area contributed by atoms with Crippen molar-refractivity contribution in [1.82, 2.24) is 0 Å². The zero-order chi connectivity index (χ0) is 22.5. The third-order valence-electron chi connectivity index (χ3n) is 5.15. The summed E-state index contributed by atoms with van der Waals surface area (Å²) in [6, 6.07) is 0. The molecule has 0 aromatic rings. The minimum atomic E-state index is -0.163. The standard InChI is InChI=1S/C26H46O4/c1-5-7-9-11-13-15-17-19-25(27)29-21-24(23(3)4)22-30-26(28)20-18-16-14-12-10-8-6-2/h11-14,23-24H,5-10,15-22H2,1-4H3/b13-11-,14-12-. The topological polar surface area (TPSA) is 52.6 Å². The zero-order valence-electron chi connectivity index (χ0n) is 20.0. The first-order valence-electron chi connectivity index (χ1n) is 12.1. The number of carbonyl (C=O) groups is 2. The molecule has 0 radical (unpaired) electrons. The molecule has 0 fully saturated rings. The lowest BCUT2D eigenvalue weighted by Crippen LogP contribution is -2.25. The Hall–Kier alpha value is -1.58. The maximum atomic E-state index is 12.0. The van der Waals surface area contributed by atoms with Crippen LogP contribution in [0.2, 0.25) is 0 Å². The summed E-state index contributed by atoms with van der Waals surface area (Å²) >= 11 is 0. The van der Waals surface area contributed by atoms with Crippen molar-refractivity contribution in [3.05, 3.63) is 24.3 Å². The van der Waals surface area contributed by atoms with Crippen LogP contribution in [-0.4, -0.2) is 25.2 Å². The molecule has 0 aliphatic rings. The van der Waals surface area contributed by atoms with Gasteiger partial charge in [0.15, 0.2) is 0 Å². The normalized spacial score (nSPS) is 11.8. The van der Waals surface area contributed by atoms with Crippen LogP contribution in [0.5, 0.6) is 0 Å². The van der Waals surface area contributed by atoms with Crippen molar-refractivity contribution in [3.8, 4) is 0 Å². The molecule has 0 saturated heterocycles. The summed E-state index contributed by atoms with van der Waals surface area (Å²) < 4.78 is 10.8. The van der Waals surface area contributed by atoms with E-state index in [0.717, 1.165) is 38.5 Å². The van der Waals surface area contributed by atoms with Crippen molar-refractivity contribution in [2.24, 2.45) is 11.8 Å². The molecule has 0 aliphatic heterocycles. The minimum Gasteiger partial charge on any atom is -0.465 e. The highest BCUT2D eigenvalue weighted by Crippen LogP contribution is 2.14. The second-order valence-corrected chi connectivity index (χ2v) is 8.38. The van der Waals surface area contributed by atoms with E-state index in [9.17, 15) is 9.59 Å². The van der Waals surface area contributed by atoms with E-state index in [0.29, 0.717) is 26.1 Å². The number of carbonyl (C=O) groups excluding carboxylic acids is 2. The lowest BCUT2D eigenvalue weighted by atomic mass is 9.98. The van der Waals surface area contributed by atoms with Crippen molar-refractivity contribution in [1.29, 1.82) is 0 Å². The van der Waals surface area contributed by atoms with Crippen LogP contribution in [-0.2, 0) is 19.1 Å². The Morgan fingerprint density at radius 2 is 1.03 bits per heavy atom. The minimum absolute atomic E-state index is 0.0424. The van der Waals surface area contributed by atoms with Crippen LogP contribution in [0.1, 0.15) is 105 Å². The smallest absolute Gasteiger partial charge is 0.305 e. The fourth-order valence-electron chi connectivity index (χ4n) is 2.82. The van der Waals surface area contributed by atoms with E-state index in [2.05, 4.69) is 52.0 Å². The largest absolute Gasteiger partial charge is 0.465 e. The van der Waals surface area contributed by atoms with E-state index in [1.54, 1.807) is 0 Å². The van der Waals surface area contributed by atoms with Crippen molar-refractivity contribution in [2.45, 2.75) is 105 Å². The lowest BCUT2D eigenvalue weighted by molar-refractivity contribution is -0.150. The van der Waals surface area contributed by atoms with Crippen molar-refractivity contribution < 1.29 is 19.1 Å². The molecular weight excluding hydrogens is 376 g/mol. The van der Waals surface area contributed by atoms with Gasteiger partial charge in [-0.3, -0.25) is 9.59 Å². The van der Waals surface area contributed by atoms with E-state index >= 15 is 0 Å². The molecule has 174 valence electrons. The van der Waals surface area contributed by atoms with Crippen molar-refractivity contribution in [3.63, 3.8) is 0 Å². The number of rotatable bonds is 19. The molecule has 0 bridgehead atoms. The zero-order valence-corrected chi connectivity index (χ0v) is 20.0. The van der Waals surface area contributed by atoms with Crippen LogP contribution in [0.25, 0.3) is 0 Å². The molecule has 0 aromatic heterocycles. The van der Waals surface area contributed by atoms with Gasteiger partial charge in [-0.1, -0.05) is 77.7 Å². The number of esters is 2.